The van der Waals surface area contributed by atoms with E-state index in [0.29, 0.717) is 30.3 Å². The number of anilines is 1. The maximum Gasteiger partial charge on any atom is 0.320 e. The topological polar surface area (TPSA) is 84.9 Å². The van der Waals surface area contributed by atoms with Crippen LogP contribution in [0.15, 0.2) is 24.3 Å². The fourth-order valence-corrected chi connectivity index (χ4v) is 3.79. The molecule has 0 spiro atoms. The van der Waals surface area contributed by atoms with Crippen LogP contribution in [0, 0.1) is 0 Å². The molecular weight excluding hydrogens is 332 g/mol. The quantitative estimate of drug-likeness (QED) is 0.815. The lowest BCUT2D eigenvalue weighted by Gasteiger charge is -2.32. The first-order chi connectivity index (χ1) is 11.6. The lowest BCUT2D eigenvalue weighted by atomic mass is 10.1. The van der Waals surface area contributed by atoms with E-state index in [0.717, 1.165) is 0 Å². The zero-order valence-corrected chi connectivity index (χ0v) is 14.0. The monoisotopic (exact) mass is 350 g/mol. The molecule has 0 saturated carbocycles. The molecule has 2 heterocycles. The number of benzene rings is 1. The summed E-state index contributed by atoms with van der Waals surface area (Å²) in [6.07, 6.45) is -0.919. The Labute approximate surface area is 143 Å². The molecule has 128 valence electrons. The van der Waals surface area contributed by atoms with E-state index in [1.807, 2.05) is 0 Å². The molecule has 3 rings (SSSR count). The van der Waals surface area contributed by atoms with Crippen molar-refractivity contribution in [2.45, 2.75) is 17.8 Å². The van der Waals surface area contributed by atoms with Gasteiger partial charge in [-0.3, -0.25) is 14.4 Å². The number of rotatable bonds is 3. The summed E-state index contributed by atoms with van der Waals surface area (Å²) in [5.41, 5.74) is 0.603. The molecule has 2 amide bonds. The second-order valence-corrected chi connectivity index (χ2v) is 6.83. The number of esters is 1. The molecule has 1 saturated heterocycles. The van der Waals surface area contributed by atoms with Crippen LogP contribution in [0.25, 0.3) is 0 Å². The highest BCUT2D eigenvalue weighted by Gasteiger charge is 2.34. The second-order valence-electron chi connectivity index (χ2n) is 5.52. The zero-order valence-electron chi connectivity index (χ0n) is 13.2. The number of nitrogens with zero attached hydrogens (tertiary/aromatic N) is 1. The molecule has 8 heteroatoms. The Kier molecular flexibility index (Phi) is 4.94. The van der Waals surface area contributed by atoms with Gasteiger partial charge < -0.3 is 19.7 Å². The third-order valence-corrected chi connectivity index (χ3v) is 5.11. The minimum atomic E-state index is -0.862. The molecule has 0 radical (unpaired) electrons. The van der Waals surface area contributed by atoms with Gasteiger partial charge in [0.1, 0.15) is 11.0 Å². The summed E-state index contributed by atoms with van der Waals surface area (Å²) in [4.78, 5) is 37.8. The highest BCUT2D eigenvalue weighted by atomic mass is 32.2. The number of hydrogen-bond acceptors (Lipinski definition) is 6. The van der Waals surface area contributed by atoms with E-state index in [-0.39, 0.29) is 29.5 Å². The van der Waals surface area contributed by atoms with Gasteiger partial charge in [-0.05, 0) is 12.1 Å². The van der Waals surface area contributed by atoms with E-state index in [2.05, 4.69) is 5.32 Å². The summed E-state index contributed by atoms with van der Waals surface area (Å²) in [5, 5.41) is 2.36. The molecule has 0 bridgehead atoms. The molecule has 1 fully saturated rings. The Morgan fingerprint density at radius 2 is 2.21 bits per heavy atom. The fourth-order valence-electron chi connectivity index (χ4n) is 2.66. The second kappa shape index (κ2) is 7.12. The summed E-state index contributed by atoms with van der Waals surface area (Å²) in [7, 11) is 1.33. The molecule has 7 nitrogen and oxygen atoms in total. The normalized spacial score (nSPS) is 22.9. The Hall–Kier alpha value is -2.22. The number of methoxy groups -OCH3 is 1. The highest BCUT2D eigenvalue weighted by molar-refractivity contribution is 8.00. The zero-order chi connectivity index (χ0) is 17.1. The average molecular weight is 350 g/mol. The molecular formula is C16H18N2O5S. The van der Waals surface area contributed by atoms with Crippen LogP contribution >= 0.6 is 11.8 Å². The fraction of sp³-hybridized carbons (Fsp3) is 0.438. The van der Waals surface area contributed by atoms with Gasteiger partial charge in [0.15, 0.2) is 6.10 Å². The smallest absolute Gasteiger partial charge is 0.320 e. The van der Waals surface area contributed by atoms with Crippen LogP contribution in [0.4, 0.5) is 5.69 Å². The predicted octanol–water partition coefficient (Wildman–Crippen LogP) is 0.893. The Balaban J connectivity index is 1.62. The molecule has 0 aromatic heterocycles. The summed E-state index contributed by atoms with van der Waals surface area (Å²) in [6, 6.07) is 7.09. The molecule has 2 aliphatic rings. The average Bonchev–Trinajstić information content (AvgIpc) is 2.61. The lowest BCUT2D eigenvalue weighted by Crippen LogP contribution is -2.48. The van der Waals surface area contributed by atoms with Gasteiger partial charge in [0.2, 0.25) is 5.91 Å². The third kappa shape index (κ3) is 3.48. The molecule has 0 aliphatic carbocycles. The van der Waals surface area contributed by atoms with Gasteiger partial charge >= 0.3 is 5.97 Å². The first-order valence-electron chi connectivity index (χ1n) is 7.62. The molecule has 2 atom stereocenters. The predicted molar refractivity (Wildman–Crippen MR) is 88.9 cm³/mol. The van der Waals surface area contributed by atoms with Gasteiger partial charge in [-0.1, -0.05) is 12.1 Å². The first-order valence-corrected chi connectivity index (χ1v) is 8.67. The van der Waals surface area contributed by atoms with E-state index in [1.54, 1.807) is 29.2 Å². The van der Waals surface area contributed by atoms with Crippen molar-refractivity contribution in [3.8, 4) is 5.75 Å². The molecule has 24 heavy (non-hydrogen) atoms. The van der Waals surface area contributed by atoms with E-state index >= 15 is 0 Å². The number of para-hydroxylation sites is 2. The number of amides is 2. The minimum Gasteiger partial charge on any atom is -0.478 e. The van der Waals surface area contributed by atoms with Crippen molar-refractivity contribution in [1.82, 2.24) is 4.90 Å². The number of fused-ring (bicyclic) bond motifs is 1. The number of carbonyl (C=O) groups is 3. The largest absolute Gasteiger partial charge is 0.478 e. The van der Waals surface area contributed by atoms with Gasteiger partial charge in [0.05, 0.1) is 19.2 Å². The van der Waals surface area contributed by atoms with Crippen LogP contribution in [-0.2, 0) is 19.1 Å². The third-order valence-electron chi connectivity index (χ3n) is 3.95. The number of ether oxygens (including phenoxy) is 2. The molecule has 1 N–H and O–H groups in total. The van der Waals surface area contributed by atoms with Crippen molar-refractivity contribution in [1.29, 1.82) is 0 Å². The van der Waals surface area contributed by atoms with Crippen LogP contribution in [0.2, 0.25) is 0 Å². The number of hydrogen-bond donors (Lipinski definition) is 1. The number of carbonyl (C=O) groups excluding carboxylic acids is 3. The summed E-state index contributed by atoms with van der Waals surface area (Å²) >= 11 is 1.48. The summed E-state index contributed by atoms with van der Waals surface area (Å²) < 4.78 is 10.4. The van der Waals surface area contributed by atoms with Crippen molar-refractivity contribution in [2.75, 3.05) is 31.3 Å². The van der Waals surface area contributed by atoms with Crippen molar-refractivity contribution in [3.63, 3.8) is 0 Å². The summed E-state index contributed by atoms with van der Waals surface area (Å²) in [5.74, 6) is 0.336. The van der Waals surface area contributed by atoms with Gasteiger partial charge in [-0.2, -0.15) is 0 Å². The van der Waals surface area contributed by atoms with Gasteiger partial charge in [-0.25, -0.2) is 0 Å². The van der Waals surface area contributed by atoms with E-state index in [1.165, 1.54) is 18.9 Å². The number of thioether (sulfide) groups is 1. The SMILES string of the molecule is COC(=O)[C@@H]1CN(C(=O)C[C@H]2Oc3ccccc3NC2=O)CCS1. The van der Waals surface area contributed by atoms with E-state index in [4.69, 9.17) is 9.47 Å². The maximum atomic E-state index is 12.5. The summed E-state index contributed by atoms with van der Waals surface area (Å²) in [6.45, 7) is 0.836. The van der Waals surface area contributed by atoms with Crippen molar-refractivity contribution in [2.24, 2.45) is 0 Å². The van der Waals surface area contributed by atoms with Crippen LogP contribution in [0.5, 0.6) is 5.75 Å². The molecule has 1 aromatic rings. The first kappa shape index (κ1) is 16.6. The van der Waals surface area contributed by atoms with E-state index < -0.39 is 6.10 Å². The lowest BCUT2D eigenvalue weighted by molar-refractivity contribution is -0.142. The Morgan fingerprint density at radius 1 is 1.42 bits per heavy atom. The molecule has 0 unspecified atom stereocenters. The van der Waals surface area contributed by atoms with E-state index in [9.17, 15) is 14.4 Å². The van der Waals surface area contributed by atoms with Crippen molar-refractivity contribution < 1.29 is 23.9 Å². The van der Waals surface area contributed by atoms with Gasteiger partial charge in [0.25, 0.3) is 5.91 Å². The van der Waals surface area contributed by atoms with Crippen molar-refractivity contribution in [3.05, 3.63) is 24.3 Å². The van der Waals surface area contributed by atoms with Gasteiger partial charge in [-0.15, -0.1) is 11.8 Å². The van der Waals surface area contributed by atoms with Crippen LogP contribution in [-0.4, -0.2) is 60.0 Å². The highest BCUT2D eigenvalue weighted by Crippen LogP contribution is 2.30. The Morgan fingerprint density at radius 3 is 3.00 bits per heavy atom. The standard InChI is InChI=1S/C16H18N2O5S/c1-22-16(21)13-9-18(6-7-24-13)14(19)8-12-15(20)17-10-4-2-3-5-11(10)23-12/h2-5,12-13H,6-9H2,1H3,(H,17,20)/t12-,13+/m1/s1. The van der Waals surface area contributed by atoms with Crippen molar-refractivity contribution >= 4 is 35.2 Å². The Bertz CT molecular complexity index is 666. The van der Waals surface area contributed by atoms with Crippen LogP contribution in [0.3, 0.4) is 0 Å². The minimum absolute atomic E-state index is 0.0568. The molecule has 2 aliphatic heterocycles. The van der Waals surface area contributed by atoms with Gasteiger partial charge in [0, 0.05) is 18.8 Å². The maximum absolute atomic E-state index is 12.5. The van der Waals surface area contributed by atoms with Crippen LogP contribution < -0.4 is 10.1 Å². The number of nitrogens with one attached hydrogen (secondary N) is 1. The molecule has 1 aromatic carbocycles. The van der Waals surface area contributed by atoms with Crippen LogP contribution in [0.1, 0.15) is 6.42 Å².